The van der Waals surface area contributed by atoms with Gasteiger partial charge in [-0.05, 0) is 45.3 Å². The van der Waals surface area contributed by atoms with Crippen molar-refractivity contribution >= 4 is 17.2 Å². The quantitative estimate of drug-likeness (QED) is 0.493. The summed E-state index contributed by atoms with van der Waals surface area (Å²) in [6.45, 7) is 0. The van der Waals surface area contributed by atoms with E-state index in [0.29, 0.717) is 0 Å². The molecule has 3 aromatic rings. The first-order chi connectivity index (χ1) is 12.9. The first-order valence-corrected chi connectivity index (χ1v) is 8.59. The molecule has 3 rings (SSSR count). The highest BCUT2D eigenvalue weighted by Gasteiger charge is 2.21. The third kappa shape index (κ3) is 3.92. The maximum absolute atomic E-state index is 11.1. The van der Waals surface area contributed by atoms with E-state index in [0.717, 1.165) is 22.5 Å². The van der Waals surface area contributed by atoms with Gasteiger partial charge in [0.05, 0.1) is 6.04 Å². The lowest BCUT2D eigenvalue weighted by atomic mass is 9.97. The van der Waals surface area contributed by atoms with Gasteiger partial charge in [-0.25, -0.2) is 0 Å². The summed E-state index contributed by atoms with van der Waals surface area (Å²) in [6.07, 6.45) is 2.99. The molecule has 1 heterocycles. The highest BCUT2D eigenvalue weighted by molar-refractivity contribution is 5.50. The smallest absolute Gasteiger partial charge is 0.378 e. The van der Waals surface area contributed by atoms with Crippen LogP contribution in [0.15, 0.2) is 61.1 Å². The van der Waals surface area contributed by atoms with E-state index >= 15 is 0 Å². The fourth-order valence-corrected chi connectivity index (χ4v) is 3.01. The van der Waals surface area contributed by atoms with Crippen molar-refractivity contribution in [2.24, 2.45) is 0 Å². The van der Waals surface area contributed by atoms with Crippen LogP contribution in [0.2, 0.25) is 0 Å². The zero-order chi connectivity index (χ0) is 19.6. The van der Waals surface area contributed by atoms with Crippen molar-refractivity contribution in [1.82, 2.24) is 9.55 Å². The van der Waals surface area contributed by atoms with Crippen LogP contribution in [-0.4, -0.2) is 42.7 Å². The third-order valence-electron chi connectivity index (χ3n) is 4.52. The first kappa shape index (κ1) is 18.4. The summed E-state index contributed by atoms with van der Waals surface area (Å²) in [4.78, 5) is 18.6. The molecular formula is C20H23N5O2. The fourth-order valence-electron chi connectivity index (χ4n) is 3.01. The van der Waals surface area contributed by atoms with Crippen LogP contribution >= 0.6 is 0 Å². The van der Waals surface area contributed by atoms with E-state index in [9.17, 15) is 10.1 Å². The van der Waals surface area contributed by atoms with Crippen molar-refractivity contribution in [2.75, 3.05) is 38.0 Å². The summed E-state index contributed by atoms with van der Waals surface area (Å²) in [5.74, 6) is -0.158. The lowest BCUT2D eigenvalue weighted by Gasteiger charge is -2.21. The molecular weight excluding hydrogens is 342 g/mol. The molecule has 1 aromatic heterocycles. The van der Waals surface area contributed by atoms with Crippen LogP contribution in [0.3, 0.4) is 0 Å². The van der Waals surface area contributed by atoms with Gasteiger partial charge < -0.3 is 19.9 Å². The zero-order valence-corrected chi connectivity index (χ0v) is 15.9. The van der Waals surface area contributed by atoms with Gasteiger partial charge >= 0.3 is 5.82 Å². The molecule has 0 spiro atoms. The van der Waals surface area contributed by atoms with E-state index < -0.39 is 4.92 Å². The highest BCUT2D eigenvalue weighted by Crippen LogP contribution is 2.30. The zero-order valence-electron chi connectivity index (χ0n) is 15.9. The monoisotopic (exact) mass is 365 g/mol. The Bertz CT molecular complexity index is 863. The van der Waals surface area contributed by atoms with Crippen LogP contribution in [0, 0.1) is 10.1 Å². The maximum atomic E-state index is 11.1. The van der Waals surface area contributed by atoms with E-state index in [-0.39, 0.29) is 11.9 Å². The molecule has 0 saturated heterocycles. The van der Waals surface area contributed by atoms with Crippen molar-refractivity contribution in [3.8, 4) is 0 Å². The van der Waals surface area contributed by atoms with Crippen LogP contribution in [0.1, 0.15) is 17.2 Å². The lowest BCUT2D eigenvalue weighted by Crippen LogP contribution is -2.13. The van der Waals surface area contributed by atoms with Crippen LogP contribution in [0.4, 0.5) is 17.2 Å². The Morgan fingerprint density at radius 1 is 0.889 bits per heavy atom. The minimum absolute atomic E-state index is 0.158. The second-order valence-corrected chi connectivity index (χ2v) is 6.81. The molecule has 0 aliphatic rings. The summed E-state index contributed by atoms with van der Waals surface area (Å²) < 4.78 is 1.79. The van der Waals surface area contributed by atoms with Crippen molar-refractivity contribution in [2.45, 2.75) is 6.04 Å². The van der Waals surface area contributed by atoms with Gasteiger partial charge in [-0.3, -0.25) is 4.57 Å². The Morgan fingerprint density at radius 3 is 1.67 bits per heavy atom. The summed E-state index contributed by atoms with van der Waals surface area (Å²) in [7, 11) is 7.97. The molecule has 0 N–H and O–H groups in total. The summed E-state index contributed by atoms with van der Waals surface area (Å²) >= 11 is 0. The molecule has 0 radical (unpaired) electrons. The Balaban J connectivity index is 2.06. The number of hydrogen-bond acceptors (Lipinski definition) is 5. The average Bonchev–Trinajstić information content (AvgIpc) is 3.13. The van der Waals surface area contributed by atoms with Crippen molar-refractivity contribution in [3.63, 3.8) is 0 Å². The largest absolute Gasteiger partial charge is 0.381 e. The van der Waals surface area contributed by atoms with Gasteiger partial charge in [0.1, 0.15) is 6.20 Å². The molecule has 7 heteroatoms. The molecule has 0 saturated carbocycles. The Hall–Kier alpha value is -3.35. The topological polar surface area (TPSA) is 67.4 Å². The van der Waals surface area contributed by atoms with Gasteiger partial charge in [-0.15, -0.1) is 0 Å². The Labute approximate surface area is 158 Å². The normalized spacial score (nSPS) is 10.9. The van der Waals surface area contributed by atoms with Crippen LogP contribution in [-0.2, 0) is 0 Å². The SMILES string of the molecule is CN(C)c1ccc(C(c2ccc(N(C)C)cc2)n2cnc([N+](=O)[O-])c2)cc1. The van der Waals surface area contributed by atoms with E-state index in [1.54, 1.807) is 4.57 Å². The third-order valence-corrected chi connectivity index (χ3v) is 4.52. The van der Waals surface area contributed by atoms with Gasteiger partial charge in [-0.1, -0.05) is 24.3 Å². The summed E-state index contributed by atoms with van der Waals surface area (Å²) in [6, 6.07) is 16.2. The number of imidazole rings is 1. The maximum Gasteiger partial charge on any atom is 0.381 e. The first-order valence-electron chi connectivity index (χ1n) is 8.59. The van der Waals surface area contributed by atoms with Crippen LogP contribution < -0.4 is 9.80 Å². The molecule has 0 aliphatic carbocycles. The molecule has 7 nitrogen and oxygen atoms in total. The average molecular weight is 365 g/mol. The molecule has 0 atom stereocenters. The number of rotatable bonds is 6. The Kier molecular flexibility index (Phi) is 5.12. The molecule has 0 fully saturated rings. The van der Waals surface area contributed by atoms with E-state index in [1.165, 1.54) is 12.5 Å². The number of nitrogens with zero attached hydrogens (tertiary/aromatic N) is 5. The summed E-state index contributed by atoms with van der Waals surface area (Å²) in [5, 5.41) is 11.1. The predicted molar refractivity (Wildman–Crippen MR) is 108 cm³/mol. The van der Waals surface area contributed by atoms with E-state index in [4.69, 9.17) is 0 Å². The highest BCUT2D eigenvalue weighted by atomic mass is 16.6. The van der Waals surface area contributed by atoms with Crippen molar-refractivity contribution < 1.29 is 4.92 Å². The summed E-state index contributed by atoms with van der Waals surface area (Å²) in [5.41, 5.74) is 4.25. The number of nitro groups is 1. The molecule has 0 unspecified atom stereocenters. The number of aromatic nitrogens is 2. The minimum Gasteiger partial charge on any atom is -0.378 e. The standard InChI is InChI=1S/C20H23N5O2/c1-22(2)17-9-5-15(6-10-17)20(24-13-19(21-14-24)25(26)27)16-7-11-18(12-8-16)23(3)4/h5-14,20H,1-4H3. The van der Waals surface area contributed by atoms with Crippen LogP contribution in [0.25, 0.3) is 0 Å². The number of anilines is 2. The molecule has 0 aliphatic heterocycles. The van der Waals surface area contributed by atoms with Crippen LogP contribution in [0.5, 0.6) is 0 Å². The van der Waals surface area contributed by atoms with Gasteiger partial charge in [0, 0.05) is 39.6 Å². The minimum atomic E-state index is -0.474. The van der Waals surface area contributed by atoms with Gasteiger partial charge in [0.2, 0.25) is 6.33 Å². The lowest BCUT2D eigenvalue weighted by molar-refractivity contribution is -0.389. The molecule has 27 heavy (non-hydrogen) atoms. The number of benzene rings is 2. The Morgan fingerprint density at radius 2 is 1.33 bits per heavy atom. The van der Waals surface area contributed by atoms with Gasteiger partial charge in [0.25, 0.3) is 0 Å². The fraction of sp³-hybridized carbons (Fsp3) is 0.250. The van der Waals surface area contributed by atoms with Gasteiger partial charge in [-0.2, -0.15) is 0 Å². The van der Waals surface area contributed by atoms with Gasteiger partial charge in [0.15, 0.2) is 0 Å². The predicted octanol–water partition coefficient (Wildman–Crippen LogP) is 3.56. The van der Waals surface area contributed by atoms with E-state index in [1.807, 2.05) is 86.5 Å². The molecule has 140 valence electrons. The number of hydrogen-bond donors (Lipinski definition) is 0. The molecule has 2 aromatic carbocycles. The van der Waals surface area contributed by atoms with Crippen molar-refractivity contribution in [3.05, 3.63) is 82.3 Å². The molecule has 0 bridgehead atoms. The second kappa shape index (κ2) is 7.49. The van der Waals surface area contributed by atoms with Crippen molar-refractivity contribution in [1.29, 1.82) is 0 Å². The van der Waals surface area contributed by atoms with E-state index in [2.05, 4.69) is 4.98 Å². The molecule has 0 amide bonds. The second-order valence-electron chi connectivity index (χ2n) is 6.81.